The van der Waals surface area contributed by atoms with Gasteiger partial charge in [0.15, 0.2) is 0 Å². The number of benzene rings is 1. The number of phenolic OH excluding ortho intramolecular Hbond substituents is 1. The first-order valence-electron chi connectivity index (χ1n) is 6.07. The summed E-state index contributed by atoms with van der Waals surface area (Å²) in [5, 5.41) is 10.7. The number of allylic oxidation sites excluding steroid dienone is 3. The number of hydrogen-bond acceptors (Lipinski definition) is 3. The molecular weight excluding hydrogens is 245 g/mol. The zero-order valence-electron chi connectivity index (χ0n) is 11.0. The van der Waals surface area contributed by atoms with Gasteiger partial charge >= 0.3 is 109 Å². The Bertz CT molecular complexity index is 461. The predicted octanol–water partition coefficient (Wildman–Crippen LogP) is 3.25. The van der Waals surface area contributed by atoms with Gasteiger partial charge in [0.25, 0.3) is 0 Å². The maximum absolute atomic E-state index is 10.2. The molecular formula is C14H22NO2P. The molecule has 0 radical (unpaired) electrons. The number of nitrogens with two attached hydrogens (primary N) is 1. The van der Waals surface area contributed by atoms with E-state index in [-0.39, 0.29) is 5.75 Å². The molecule has 0 aliphatic rings. The van der Waals surface area contributed by atoms with E-state index in [0.717, 1.165) is 17.3 Å². The second kappa shape index (κ2) is 6.14. The Morgan fingerprint density at radius 1 is 1.44 bits per heavy atom. The fourth-order valence-electron chi connectivity index (χ4n) is 2.01. The number of para-hydroxylation sites is 1. The van der Waals surface area contributed by atoms with Gasteiger partial charge in [0.2, 0.25) is 0 Å². The van der Waals surface area contributed by atoms with Crippen molar-refractivity contribution in [1.29, 1.82) is 0 Å². The fourth-order valence-corrected chi connectivity index (χ4v) is 3.55. The minimum atomic E-state index is -2.90. The van der Waals surface area contributed by atoms with Crippen LogP contribution in [0.4, 0.5) is 0 Å². The summed E-state index contributed by atoms with van der Waals surface area (Å²) in [7, 11) is -2.90. The molecule has 0 saturated heterocycles. The summed E-state index contributed by atoms with van der Waals surface area (Å²) in [6, 6.07) is 7.03. The van der Waals surface area contributed by atoms with E-state index in [4.69, 9.17) is 5.50 Å². The van der Waals surface area contributed by atoms with Crippen LogP contribution in [0.15, 0.2) is 42.2 Å². The standard InChI is InChI=1S/C14H22NO2P/c1-4-8-14(18(3,15)17)11(5-2)12-9-6-7-10-13(12)16/h5-7,9-10,16-18H,2,4,8,15H2,1,3H3/b14-11-. The Morgan fingerprint density at radius 3 is 2.50 bits per heavy atom. The van der Waals surface area contributed by atoms with Crippen LogP contribution in [0.1, 0.15) is 25.3 Å². The summed E-state index contributed by atoms with van der Waals surface area (Å²) in [4.78, 5) is 10.2. The second-order valence-electron chi connectivity index (χ2n) is 4.51. The summed E-state index contributed by atoms with van der Waals surface area (Å²) in [6.07, 6.45) is 3.26. The van der Waals surface area contributed by atoms with E-state index in [1.807, 2.05) is 19.1 Å². The van der Waals surface area contributed by atoms with Gasteiger partial charge in [0.1, 0.15) is 0 Å². The van der Waals surface area contributed by atoms with E-state index in [1.54, 1.807) is 24.9 Å². The molecule has 0 unspecified atom stereocenters. The van der Waals surface area contributed by atoms with Gasteiger partial charge in [-0.15, -0.1) is 0 Å². The molecule has 0 bridgehead atoms. The van der Waals surface area contributed by atoms with Crippen molar-refractivity contribution in [3.63, 3.8) is 0 Å². The van der Waals surface area contributed by atoms with Crippen molar-refractivity contribution in [2.75, 3.05) is 6.66 Å². The van der Waals surface area contributed by atoms with Crippen LogP contribution in [-0.2, 0) is 0 Å². The number of hydrogen-bond donors (Lipinski definition) is 3. The SMILES string of the molecule is C=C/C(=C(\CCC)[PH](C)(N)O)c1ccccc1O. The first-order chi connectivity index (χ1) is 8.41. The summed E-state index contributed by atoms with van der Waals surface area (Å²) < 4.78 is 0. The molecule has 0 saturated carbocycles. The molecule has 3 nitrogen and oxygen atoms in total. The quantitative estimate of drug-likeness (QED) is 0.566. The average Bonchev–Trinajstić information content (AvgIpc) is 2.30. The van der Waals surface area contributed by atoms with Crippen molar-refractivity contribution in [2.24, 2.45) is 5.50 Å². The Labute approximate surface area is 109 Å². The Morgan fingerprint density at radius 2 is 2.06 bits per heavy atom. The molecule has 1 aromatic rings. The van der Waals surface area contributed by atoms with Crippen LogP contribution in [0.5, 0.6) is 5.75 Å². The maximum atomic E-state index is 10.2. The first-order valence-corrected chi connectivity index (χ1v) is 8.60. The van der Waals surface area contributed by atoms with Gasteiger partial charge < -0.3 is 0 Å². The van der Waals surface area contributed by atoms with Gasteiger partial charge in [-0.2, -0.15) is 0 Å². The Kier molecular flexibility index (Phi) is 5.09. The van der Waals surface area contributed by atoms with E-state index in [0.29, 0.717) is 12.0 Å². The van der Waals surface area contributed by atoms with Crippen molar-refractivity contribution in [3.8, 4) is 5.75 Å². The van der Waals surface area contributed by atoms with E-state index in [2.05, 4.69) is 6.58 Å². The van der Waals surface area contributed by atoms with Gasteiger partial charge in [-0.3, -0.25) is 0 Å². The third-order valence-electron chi connectivity index (χ3n) is 2.83. The molecule has 0 atom stereocenters. The second-order valence-corrected chi connectivity index (χ2v) is 7.41. The Hall–Kier alpha value is -1.15. The van der Waals surface area contributed by atoms with Gasteiger partial charge in [-0.1, -0.05) is 0 Å². The van der Waals surface area contributed by atoms with Crippen LogP contribution in [0.25, 0.3) is 5.57 Å². The molecule has 0 amide bonds. The summed E-state index contributed by atoms with van der Waals surface area (Å²) in [5.74, 6) is 0.180. The fraction of sp³-hybridized carbons (Fsp3) is 0.286. The van der Waals surface area contributed by atoms with Crippen LogP contribution in [0, 0.1) is 0 Å². The van der Waals surface area contributed by atoms with Crippen LogP contribution in [-0.4, -0.2) is 16.7 Å². The molecule has 0 aromatic heterocycles. The van der Waals surface area contributed by atoms with Crippen molar-refractivity contribution in [3.05, 3.63) is 47.8 Å². The van der Waals surface area contributed by atoms with Gasteiger partial charge in [0, 0.05) is 0 Å². The van der Waals surface area contributed by atoms with E-state index >= 15 is 0 Å². The van der Waals surface area contributed by atoms with Crippen molar-refractivity contribution in [1.82, 2.24) is 0 Å². The number of aromatic hydroxyl groups is 1. The normalized spacial score (nSPS) is 14.0. The predicted molar refractivity (Wildman–Crippen MR) is 80.8 cm³/mol. The first kappa shape index (κ1) is 14.9. The monoisotopic (exact) mass is 267 g/mol. The summed E-state index contributed by atoms with van der Waals surface area (Å²) in [5.41, 5.74) is 7.37. The average molecular weight is 267 g/mol. The van der Waals surface area contributed by atoms with Crippen molar-refractivity contribution in [2.45, 2.75) is 19.8 Å². The third-order valence-corrected chi connectivity index (χ3v) is 4.58. The van der Waals surface area contributed by atoms with Crippen LogP contribution in [0.3, 0.4) is 0 Å². The zero-order valence-corrected chi connectivity index (χ0v) is 12.0. The van der Waals surface area contributed by atoms with Crippen LogP contribution >= 0.6 is 7.64 Å². The number of phenols is 1. The molecule has 4 heteroatoms. The molecule has 100 valence electrons. The van der Waals surface area contributed by atoms with E-state index in [9.17, 15) is 10.00 Å². The van der Waals surface area contributed by atoms with Gasteiger partial charge in [-0.25, -0.2) is 0 Å². The number of rotatable bonds is 5. The summed E-state index contributed by atoms with van der Waals surface area (Å²) >= 11 is 0. The molecule has 0 fully saturated rings. The molecule has 4 N–H and O–H groups in total. The molecule has 0 spiro atoms. The summed E-state index contributed by atoms with van der Waals surface area (Å²) in [6.45, 7) is 7.50. The molecule has 1 aromatic carbocycles. The molecule has 18 heavy (non-hydrogen) atoms. The van der Waals surface area contributed by atoms with E-state index < -0.39 is 7.64 Å². The van der Waals surface area contributed by atoms with Crippen LogP contribution < -0.4 is 5.50 Å². The van der Waals surface area contributed by atoms with Crippen molar-refractivity contribution >= 4 is 13.2 Å². The zero-order chi connectivity index (χ0) is 13.8. The topological polar surface area (TPSA) is 66.5 Å². The third kappa shape index (κ3) is 3.42. The molecule has 1 rings (SSSR count). The van der Waals surface area contributed by atoms with Gasteiger partial charge in [0.05, 0.1) is 0 Å². The van der Waals surface area contributed by atoms with Crippen molar-refractivity contribution < 1.29 is 10.00 Å². The van der Waals surface area contributed by atoms with Gasteiger partial charge in [-0.05, 0) is 0 Å². The minimum absolute atomic E-state index is 0.180. The molecule has 0 aliphatic carbocycles. The Balaban J connectivity index is 3.45. The molecule has 0 heterocycles. The van der Waals surface area contributed by atoms with E-state index in [1.165, 1.54) is 0 Å². The van der Waals surface area contributed by atoms with Crippen LogP contribution in [0.2, 0.25) is 0 Å². The molecule has 0 aliphatic heterocycles.